The molecule has 5 heterocycles. The molecular weight excluding hydrogens is 514 g/mol. The summed E-state index contributed by atoms with van der Waals surface area (Å²) in [6.07, 6.45) is 8.09. The monoisotopic (exact) mass is 527 g/mol. The van der Waals surface area contributed by atoms with Crippen molar-refractivity contribution >= 4 is 46.4 Å². The van der Waals surface area contributed by atoms with Gasteiger partial charge in [-0.05, 0) is 72.8 Å². The molecule has 5 rings (SSSR count). The number of hydrogen-bond donors (Lipinski definition) is 2. The smallest absolute Gasteiger partial charge is 0.0658 e. The Balaban J connectivity index is 0.000000980. The average molecular weight is 528 g/mol. The van der Waals surface area contributed by atoms with Gasteiger partial charge in [0.25, 0.3) is 0 Å². The Morgan fingerprint density at radius 2 is 0.769 bits per heavy atom. The normalized spacial score (nSPS) is 11.7. The second-order valence-electron chi connectivity index (χ2n) is 5.91. The molecule has 2 aliphatic heterocycles. The maximum Gasteiger partial charge on any atom is 0.0658 e. The van der Waals surface area contributed by atoms with E-state index >= 15 is 0 Å². The summed E-state index contributed by atoms with van der Waals surface area (Å²) >= 11 is 0. The molecule has 1 radical (unpaired) electrons. The van der Waals surface area contributed by atoms with Crippen LogP contribution in [0.5, 0.6) is 0 Å². The number of rotatable bonds is 0. The van der Waals surface area contributed by atoms with Gasteiger partial charge in [0, 0.05) is 90.9 Å². The molecule has 2 aliphatic rings. The molecule has 0 unspecified atom stereocenters. The van der Waals surface area contributed by atoms with Crippen molar-refractivity contribution in [1.29, 1.82) is 0 Å². The maximum atomic E-state index is 4.63. The topological polar surface area (TPSA) is 57.4 Å². The third-order valence-electron chi connectivity index (χ3n) is 4.04. The molecule has 3 aromatic heterocycles. The molecule has 0 fully saturated rings. The van der Waals surface area contributed by atoms with Gasteiger partial charge in [-0.2, -0.15) is 0 Å². The molecule has 26 heavy (non-hydrogen) atoms. The van der Waals surface area contributed by atoms with Gasteiger partial charge in [-0.25, -0.2) is 9.97 Å². The van der Waals surface area contributed by atoms with Crippen LogP contribution in [0.1, 0.15) is 22.8 Å². The summed E-state index contributed by atoms with van der Waals surface area (Å²) in [6.45, 7) is 0. The van der Waals surface area contributed by atoms with Crippen LogP contribution < -0.4 is 0 Å². The molecule has 8 bridgehead atoms. The molecular formula is C20H14EuN4Zn. The molecule has 6 heteroatoms. The van der Waals surface area contributed by atoms with Gasteiger partial charge in [-0.3, -0.25) is 0 Å². The van der Waals surface area contributed by atoms with Crippen molar-refractivity contribution in [2.75, 3.05) is 0 Å². The van der Waals surface area contributed by atoms with Gasteiger partial charge in [0.05, 0.1) is 22.8 Å². The number of H-pyrrole nitrogens is 2. The number of fused-ring (bicyclic) bond motifs is 8. The molecule has 0 saturated heterocycles. The Kier molecular flexibility index (Phi) is 6.19. The van der Waals surface area contributed by atoms with E-state index in [4.69, 9.17) is 0 Å². The van der Waals surface area contributed by atoms with Crippen LogP contribution in [-0.4, -0.2) is 19.9 Å². The van der Waals surface area contributed by atoms with Crippen molar-refractivity contribution in [3.05, 3.63) is 71.3 Å². The van der Waals surface area contributed by atoms with E-state index in [1.165, 1.54) is 0 Å². The first-order chi connectivity index (χ1) is 11.8. The third-order valence-corrected chi connectivity index (χ3v) is 4.04. The van der Waals surface area contributed by atoms with Crippen LogP contribution in [0.3, 0.4) is 0 Å². The van der Waals surface area contributed by atoms with E-state index < -0.39 is 0 Å². The molecule has 3 aromatic rings. The van der Waals surface area contributed by atoms with Crippen molar-refractivity contribution in [1.82, 2.24) is 19.9 Å². The van der Waals surface area contributed by atoms with Crippen molar-refractivity contribution in [3.8, 4) is 0 Å². The minimum atomic E-state index is 0. The van der Waals surface area contributed by atoms with Gasteiger partial charge in [-0.1, -0.05) is 0 Å². The molecule has 0 amide bonds. The van der Waals surface area contributed by atoms with E-state index in [-0.39, 0.29) is 68.9 Å². The average Bonchev–Trinajstić information content (AvgIpc) is 3.32. The minimum Gasteiger partial charge on any atom is -0.355 e. The third kappa shape index (κ3) is 4.20. The SMILES string of the molecule is C1=Cc2cc3ccc(cc4nc(cc5ccc(cc1n2)[nH]5)C=C4)[nH]3.[Eu].[Zn]. The van der Waals surface area contributed by atoms with Gasteiger partial charge in [0.2, 0.25) is 0 Å². The van der Waals surface area contributed by atoms with Crippen LogP contribution in [0.2, 0.25) is 0 Å². The number of nitrogens with one attached hydrogen (secondary N) is 2. The second-order valence-corrected chi connectivity index (χ2v) is 5.91. The molecule has 123 valence electrons. The number of nitrogens with zero attached hydrogens (tertiary/aromatic N) is 2. The summed E-state index contributed by atoms with van der Waals surface area (Å²) < 4.78 is 0. The summed E-state index contributed by atoms with van der Waals surface area (Å²) in [5.41, 5.74) is 7.86. The van der Waals surface area contributed by atoms with Crippen LogP contribution in [-0.2, 0) is 19.5 Å². The van der Waals surface area contributed by atoms with E-state index in [0.717, 1.165) is 44.8 Å². The van der Waals surface area contributed by atoms with Gasteiger partial charge in [-0.15, -0.1) is 0 Å². The Hall–Kier alpha value is -1.19. The van der Waals surface area contributed by atoms with Gasteiger partial charge in [0.15, 0.2) is 0 Å². The van der Waals surface area contributed by atoms with Gasteiger partial charge < -0.3 is 9.97 Å². The van der Waals surface area contributed by atoms with E-state index in [2.05, 4.69) is 44.2 Å². The summed E-state index contributed by atoms with van der Waals surface area (Å²) in [6, 6.07) is 16.4. The zero-order valence-electron chi connectivity index (χ0n) is 13.9. The first-order valence-electron chi connectivity index (χ1n) is 7.85. The first kappa shape index (κ1) is 19.6. The van der Waals surface area contributed by atoms with Crippen LogP contribution in [0.25, 0.3) is 46.4 Å². The standard InChI is InChI=1S/C20H14N4.Eu.Zn/c1-2-14-10-16-5-6-18(23-16)12-20-8-7-19(24-20)11-17-4-3-15(22-17)9-13(1)21-14;;/h1-12,21,24H;;. The van der Waals surface area contributed by atoms with Crippen LogP contribution >= 0.6 is 0 Å². The Bertz CT molecular complexity index is 996. The fraction of sp³-hybridized carbons (Fsp3) is 0. The first-order valence-corrected chi connectivity index (χ1v) is 7.85. The van der Waals surface area contributed by atoms with E-state index in [1.807, 2.05) is 48.6 Å². The van der Waals surface area contributed by atoms with E-state index in [0.29, 0.717) is 0 Å². The Morgan fingerprint density at radius 1 is 0.500 bits per heavy atom. The Labute approximate surface area is 204 Å². The van der Waals surface area contributed by atoms with Crippen molar-refractivity contribution in [3.63, 3.8) is 0 Å². The fourth-order valence-electron chi connectivity index (χ4n) is 2.94. The predicted molar refractivity (Wildman–Crippen MR) is 98.9 cm³/mol. The van der Waals surface area contributed by atoms with E-state index in [9.17, 15) is 0 Å². The fourth-order valence-corrected chi connectivity index (χ4v) is 2.94. The molecule has 0 atom stereocenters. The molecule has 2 N–H and O–H groups in total. The van der Waals surface area contributed by atoms with Crippen LogP contribution in [0.15, 0.2) is 48.5 Å². The number of aromatic nitrogens is 4. The largest absolute Gasteiger partial charge is 0.355 e. The molecule has 4 nitrogen and oxygen atoms in total. The van der Waals surface area contributed by atoms with Crippen molar-refractivity contribution < 1.29 is 68.9 Å². The van der Waals surface area contributed by atoms with Crippen LogP contribution in [0, 0.1) is 49.4 Å². The van der Waals surface area contributed by atoms with Crippen LogP contribution in [0.4, 0.5) is 0 Å². The predicted octanol–water partition coefficient (Wildman–Crippen LogP) is 4.65. The minimum absolute atomic E-state index is 0. The zero-order chi connectivity index (χ0) is 15.9. The zero-order valence-corrected chi connectivity index (χ0v) is 19.3. The quantitative estimate of drug-likeness (QED) is 0.288. The van der Waals surface area contributed by atoms with Gasteiger partial charge >= 0.3 is 0 Å². The maximum absolute atomic E-state index is 4.63. The summed E-state index contributed by atoms with van der Waals surface area (Å²) in [5, 5.41) is 0. The second kappa shape index (κ2) is 8.22. The number of aromatic amines is 2. The molecule has 0 saturated carbocycles. The van der Waals surface area contributed by atoms with Crippen molar-refractivity contribution in [2.45, 2.75) is 0 Å². The summed E-state index contributed by atoms with van der Waals surface area (Å²) in [7, 11) is 0. The summed E-state index contributed by atoms with van der Waals surface area (Å²) in [4.78, 5) is 16.0. The summed E-state index contributed by atoms with van der Waals surface area (Å²) in [5.74, 6) is 0. The van der Waals surface area contributed by atoms with E-state index in [1.54, 1.807) is 0 Å². The van der Waals surface area contributed by atoms with Crippen molar-refractivity contribution in [2.24, 2.45) is 0 Å². The molecule has 0 spiro atoms. The molecule has 0 aromatic carbocycles. The Morgan fingerprint density at radius 3 is 1.04 bits per heavy atom. The van der Waals surface area contributed by atoms with Gasteiger partial charge in [0.1, 0.15) is 0 Å². The molecule has 0 aliphatic carbocycles. The number of hydrogen-bond acceptors (Lipinski definition) is 2.